The Morgan fingerprint density at radius 3 is 1.73 bits per heavy atom. The lowest BCUT2D eigenvalue weighted by molar-refractivity contribution is 0.0543. The van der Waals surface area contributed by atoms with Crippen molar-refractivity contribution in [3.05, 3.63) is 0 Å². The minimum atomic E-state index is -0.135. The Morgan fingerprint density at radius 2 is 1.17 bits per heavy atom. The lowest BCUT2D eigenvalue weighted by atomic mass is 9.79. The normalized spacial score (nSPS) is 18.2. The third-order valence-corrected chi connectivity index (χ3v) is 7.42. The third kappa shape index (κ3) is 14.8. The molecule has 6 unspecified atom stereocenters. The molecule has 0 saturated carbocycles. The van der Waals surface area contributed by atoms with Crippen molar-refractivity contribution in [1.29, 1.82) is 0 Å². The van der Waals surface area contributed by atoms with Gasteiger partial charge in [0, 0.05) is 6.61 Å². The van der Waals surface area contributed by atoms with Crippen LogP contribution >= 0.6 is 0 Å². The molecule has 0 aliphatic heterocycles. The van der Waals surface area contributed by atoms with Gasteiger partial charge in [-0.25, -0.2) is 0 Å². The first kappa shape index (κ1) is 29.9. The number of aliphatic hydroxyl groups excluding tert-OH is 2. The Morgan fingerprint density at radius 1 is 0.600 bits per heavy atom. The number of hydrogen-bond donors (Lipinski definition) is 2. The summed E-state index contributed by atoms with van der Waals surface area (Å²) >= 11 is 0. The van der Waals surface area contributed by atoms with E-state index in [4.69, 9.17) is 0 Å². The van der Waals surface area contributed by atoms with E-state index in [1.807, 2.05) is 0 Å². The minimum Gasteiger partial charge on any atom is -0.396 e. The smallest absolute Gasteiger partial charge is 0.0570 e. The second-order valence-corrected chi connectivity index (χ2v) is 11.1. The van der Waals surface area contributed by atoms with Gasteiger partial charge in [0.25, 0.3) is 0 Å². The van der Waals surface area contributed by atoms with E-state index in [0.717, 1.165) is 37.5 Å². The fourth-order valence-electron chi connectivity index (χ4n) is 5.09. The highest BCUT2D eigenvalue weighted by atomic mass is 16.3. The molecule has 0 aromatic carbocycles. The standard InChI is InChI=1S/C28H58O2/c1-8-11-23(5)17-20-27(25(7)12-9-2)28(30)14-10-13-24(6)16-19-26(21-29)18-15-22(3)4/h22-30H,8-21H2,1-7H3. The van der Waals surface area contributed by atoms with Gasteiger partial charge in [-0.2, -0.15) is 0 Å². The maximum atomic E-state index is 11.0. The summed E-state index contributed by atoms with van der Waals surface area (Å²) in [7, 11) is 0. The van der Waals surface area contributed by atoms with Crippen LogP contribution in [0.15, 0.2) is 0 Å². The van der Waals surface area contributed by atoms with Gasteiger partial charge in [-0.1, -0.05) is 106 Å². The molecule has 6 atom stereocenters. The molecule has 0 spiro atoms. The molecule has 0 aliphatic rings. The van der Waals surface area contributed by atoms with Gasteiger partial charge in [-0.15, -0.1) is 0 Å². The molecule has 0 aromatic heterocycles. The molecule has 0 saturated heterocycles. The molecule has 2 nitrogen and oxygen atoms in total. The molecule has 0 rings (SSSR count). The van der Waals surface area contributed by atoms with Crippen molar-refractivity contribution in [1.82, 2.24) is 0 Å². The van der Waals surface area contributed by atoms with E-state index in [0.29, 0.717) is 30.3 Å². The highest BCUT2D eigenvalue weighted by molar-refractivity contribution is 4.76. The summed E-state index contributed by atoms with van der Waals surface area (Å²) in [4.78, 5) is 0. The molecule has 0 amide bonds. The van der Waals surface area contributed by atoms with Crippen LogP contribution in [0.4, 0.5) is 0 Å². The van der Waals surface area contributed by atoms with Gasteiger partial charge >= 0.3 is 0 Å². The Bertz CT molecular complexity index is 368. The highest BCUT2D eigenvalue weighted by Crippen LogP contribution is 2.31. The average Bonchev–Trinajstić information content (AvgIpc) is 2.68. The van der Waals surface area contributed by atoms with Gasteiger partial charge in [0.2, 0.25) is 0 Å². The SMILES string of the molecule is CCCC(C)CCC(C(C)CCC)C(O)CCCC(C)CCC(CO)CCC(C)C. The summed E-state index contributed by atoms with van der Waals surface area (Å²) in [5.41, 5.74) is 0. The molecule has 182 valence electrons. The van der Waals surface area contributed by atoms with Crippen molar-refractivity contribution >= 4 is 0 Å². The van der Waals surface area contributed by atoms with E-state index in [1.54, 1.807) is 0 Å². The van der Waals surface area contributed by atoms with Crippen molar-refractivity contribution in [2.75, 3.05) is 6.61 Å². The van der Waals surface area contributed by atoms with Crippen LogP contribution in [-0.4, -0.2) is 22.9 Å². The van der Waals surface area contributed by atoms with E-state index in [-0.39, 0.29) is 6.10 Å². The van der Waals surface area contributed by atoms with Crippen molar-refractivity contribution in [3.8, 4) is 0 Å². The zero-order chi connectivity index (χ0) is 22.9. The monoisotopic (exact) mass is 426 g/mol. The van der Waals surface area contributed by atoms with Crippen molar-refractivity contribution in [3.63, 3.8) is 0 Å². The number of aliphatic hydroxyl groups is 2. The predicted molar refractivity (Wildman–Crippen MR) is 134 cm³/mol. The summed E-state index contributed by atoms with van der Waals surface area (Å²) < 4.78 is 0. The third-order valence-electron chi connectivity index (χ3n) is 7.42. The molecule has 2 heteroatoms. The lowest BCUT2D eigenvalue weighted by Crippen LogP contribution is -2.27. The Labute approximate surface area is 190 Å². The Balaban J connectivity index is 4.35. The molecule has 0 radical (unpaired) electrons. The molecule has 30 heavy (non-hydrogen) atoms. The van der Waals surface area contributed by atoms with E-state index in [9.17, 15) is 10.2 Å². The van der Waals surface area contributed by atoms with E-state index < -0.39 is 0 Å². The van der Waals surface area contributed by atoms with Crippen molar-refractivity contribution in [2.45, 2.75) is 138 Å². The molecule has 0 bridgehead atoms. The molecule has 0 aromatic rings. The quantitative estimate of drug-likeness (QED) is 0.206. The van der Waals surface area contributed by atoms with Gasteiger partial charge in [-0.3, -0.25) is 0 Å². The lowest BCUT2D eigenvalue weighted by Gasteiger charge is -2.30. The highest BCUT2D eigenvalue weighted by Gasteiger charge is 2.25. The fourth-order valence-corrected chi connectivity index (χ4v) is 5.09. The summed E-state index contributed by atoms with van der Waals surface area (Å²) in [5.74, 6) is 3.78. The first-order chi connectivity index (χ1) is 14.2. The van der Waals surface area contributed by atoms with Gasteiger partial charge in [0.1, 0.15) is 0 Å². The van der Waals surface area contributed by atoms with Crippen LogP contribution in [0, 0.1) is 35.5 Å². The van der Waals surface area contributed by atoms with Crippen LogP contribution in [0.1, 0.15) is 132 Å². The van der Waals surface area contributed by atoms with Crippen LogP contribution in [0.2, 0.25) is 0 Å². The first-order valence-electron chi connectivity index (χ1n) is 13.5. The Kier molecular flexibility index (Phi) is 18.4. The number of rotatable bonds is 20. The van der Waals surface area contributed by atoms with Crippen molar-refractivity contribution in [2.24, 2.45) is 35.5 Å². The fraction of sp³-hybridized carbons (Fsp3) is 1.00. The summed E-state index contributed by atoms with van der Waals surface area (Å²) in [6, 6.07) is 0. The second-order valence-electron chi connectivity index (χ2n) is 11.1. The Hall–Kier alpha value is -0.0800. The molecular weight excluding hydrogens is 368 g/mol. The van der Waals surface area contributed by atoms with Crippen LogP contribution < -0.4 is 0 Å². The maximum absolute atomic E-state index is 11.0. The zero-order valence-electron chi connectivity index (χ0n) is 21.8. The van der Waals surface area contributed by atoms with Gasteiger partial charge in [-0.05, 0) is 61.2 Å². The summed E-state index contributed by atoms with van der Waals surface area (Å²) in [5, 5.41) is 20.7. The van der Waals surface area contributed by atoms with Crippen LogP contribution in [0.5, 0.6) is 0 Å². The van der Waals surface area contributed by atoms with E-state index in [1.165, 1.54) is 57.8 Å². The van der Waals surface area contributed by atoms with Gasteiger partial charge < -0.3 is 10.2 Å². The van der Waals surface area contributed by atoms with E-state index in [2.05, 4.69) is 48.5 Å². The topological polar surface area (TPSA) is 40.5 Å². The van der Waals surface area contributed by atoms with Crippen LogP contribution in [0.3, 0.4) is 0 Å². The van der Waals surface area contributed by atoms with Crippen LogP contribution in [0.25, 0.3) is 0 Å². The largest absolute Gasteiger partial charge is 0.396 e. The van der Waals surface area contributed by atoms with E-state index >= 15 is 0 Å². The van der Waals surface area contributed by atoms with Gasteiger partial charge in [0.15, 0.2) is 0 Å². The second kappa shape index (κ2) is 18.5. The zero-order valence-corrected chi connectivity index (χ0v) is 21.8. The average molecular weight is 427 g/mol. The molecular formula is C28H58O2. The predicted octanol–water partition coefficient (Wildman–Crippen LogP) is 8.25. The van der Waals surface area contributed by atoms with Crippen LogP contribution in [-0.2, 0) is 0 Å². The molecule has 0 heterocycles. The summed E-state index contributed by atoms with van der Waals surface area (Å²) in [6.45, 7) is 16.5. The first-order valence-corrected chi connectivity index (χ1v) is 13.5. The van der Waals surface area contributed by atoms with Crippen molar-refractivity contribution < 1.29 is 10.2 Å². The summed E-state index contributed by atoms with van der Waals surface area (Å²) in [6.07, 6.45) is 15.4. The maximum Gasteiger partial charge on any atom is 0.0570 e. The number of hydrogen-bond acceptors (Lipinski definition) is 2. The molecule has 0 aliphatic carbocycles. The minimum absolute atomic E-state index is 0.135. The molecule has 2 N–H and O–H groups in total. The molecule has 0 fully saturated rings. The van der Waals surface area contributed by atoms with Gasteiger partial charge in [0.05, 0.1) is 6.10 Å².